The first-order chi connectivity index (χ1) is 32.9. The highest BCUT2D eigenvalue weighted by atomic mass is 32.1. The number of thiophene rings is 1. The zero-order valence-corrected chi connectivity index (χ0v) is 38.1. The minimum atomic E-state index is -0.175. The number of aromatic nitrogens is 5. The molecule has 318 valence electrons. The first kappa shape index (κ1) is 39.2. The molecule has 0 saturated carbocycles. The Balaban J connectivity index is 1.12. The van der Waals surface area contributed by atoms with Crippen molar-refractivity contribution in [1.82, 2.24) is 24.1 Å². The average molecular weight is 878 g/mol. The molecule has 0 amide bonds. The van der Waals surface area contributed by atoms with Gasteiger partial charge in [0.2, 0.25) is 0 Å². The molecule has 4 heterocycles. The smallest absolute Gasteiger partial charge is 0.164 e. The monoisotopic (exact) mass is 877 g/mol. The minimum Gasteiger partial charge on any atom is -0.313 e. The summed E-state index contributed by atoms with van der Waals surface area (Å²) in [5.41, 5.74) is 15.8. The van der Waals surface area contributed by atoms with Crippen LogP contribution in [0.3, 0.4) is 0 Å². The number of nitrogens with zero attached hydrogens (tertiary/aromatic N) is 5. The number of hydrogen-bond donors (Lipinski definition) is 0. The number of rotatable bonds is 7. The van der Waals surface area contributed by atoms with Gasteiger partial charge < -0.3 is 9.13 Å². The Kier molecular flexibility index (Phi) is 8.73. The van der Waals surface area contributed by atoms with E-state index in [-0.39, 0.29) is 5.41 Å². The molecule has 4 aromatic heterocycles. The number of para-hydroxylation sites is 2. The van der Waals surface area contributed by atoms with Crippen LogP contribution in [-0.4, -0.2) is 24.1 Å². The van der Waals surface area contributed by atoms with Crippen molar-refractivity contribution in [3.8, 4) is 56.7 Å². The van der Waals surface area contributed by atoms with E-state index in [2.05, 4.69) is 200 Å². The third kappa shape index (κ3) is 5.89. The molecule has 0 fully saturated rings. The summed E-state index contributed by atoms with van der Waals surface area (Å²) in [6.07, 6.45) is 6.12. The largest absolute Gasteiger partial charge is 0.313 e. The Labute approximate surface area is 392 Å². The lowest BCUT2D eigenvalue weighted by Gasteiger charge is -2.21. The molecule has 0 bridgehead atoms. The van der Waals surface area contributed by atoms with E-state index in [0.717, 1.165) is 66.0 Å². The van der Waals surface area contributed by atoms with E-state index in [0.29, 0.717) is 17.5 Å². The van der Waals surface area contributed by atoms with Crippen LogP contribution in [-0.2, 0) is 5.41 Å². The van der Waals surface area contributed by atoms with Gasteiger partial charge in [0.05, 0.1) is 16.6 Å². The SMILES string of the molecule is C=C/C=C\c1c(C)n(-c2ccccc2)c2ccc3c4ccccc4n(-c4cc(-c5nc(-c6ccccc6)nc(-c6ccc7c(c6)C(C)(C)c6ccccc6-7)n5)c5c(c4)sc4ccccc45)c3c12. The van der Waals surface area contributed by atoms with Crippen LogP contribution in [0.5, 0.6) is 0 Å². The quantitative estimate of drug-likeness (QED) is 0.150. The van der Waals surface area contributed by atoms with Gasteiger partial charge in [0.25, 0.3) is 0 Å². The Hall–Kier alpha value is -8.19. The predicted molar refractivity (Wildman–Crippen MR) is 282 cm³/mol. The fourth-order valence-corrected chi connectivity index (χ4v) is 12.0. The van der Waals surface area contributed by atoms with E-state index < -0.39 is 0 Å². The van der Waals surface area contributed by atoms with Gasteiger partial charge in [0.15, 0.2) is 17.5 Å². The number of hydrogen-bond acceptors (Lipinski definition) is 4. The van der Waals surface area contributed by atoms with Gasteiger partial charge in [-0.3, -0.25) is 0 Å². The van der Waals surface area contributed by atoms with Gasteiger partial charge in [-0.1, -0.05) is 166 Å². The summed E-state index contributed by atoms with van der Waals surface area (Å²) in [5, 5.41) is 5.88. The van der Waals surface area contributed by atoms with Gasteiger partial charge in [-0.05, 0) is 77.7 Å². The van der Waals surface area contributed by atoms with Crippen LogP contribution in [0.15, 0.2) is 195 Å². The van der Waals surface area contributed by atoms with Crippen molar-refractivity contribution in [3.63, 3.8) is 0 Å². The molecule has 0 spiro atoms. The van der Waals surface area contributed by atoms with Crippen molar-refractivity contribution in [2.75, 3.05) is 0 Å². The van der Waals surface area contributed by atoms with E-state index in [1.54, 1.807) is 0 Å². The normalized spacial score (nSPS) is 13.1. The van der Waals surface area contributed by atoms with Crippen LogP contribution in [0.2, 0.25) is 0 Å². The van der Waals surface area contributed by atoms with Crippen LogP contribution in [0.1, 0.15) is 36.2 Å². The summed E-state index contributed by atoms with van der Waals surface area (Å²) in [6.45, 7) is 10.9. The molecular formula is C61H43N5S. The zero-order chi connectivity index (χ0) is 45.0. The van der Waals surface area contributed by atoms with Gasteiger partial charge >= 0.3 is 0 Å². The molecule has 0 atom stereocenters. The molecule has 67 heavy (non-hydrogen) atoms. The Morgan fingerprint density at radius 2 is 1.19 bits per heavy atom. The standard InChI is InChI=1S/C61H43N5S/c1-5-6-23-42-37(2)65(40-21-11-8-12-22-40)52-33-32-46-45-25-14-17-28-51(45)66(57(46)56(42)52)41-35-48(55-47-26-15-18-29-53(47)67-54(55)36-41)60-63-58(38-19-9-7-10-20-38)62-59(64-60)39-30-31-44-43-24-13-16-27-49(43)61(3,4)50(44)34-39/h5-36H,1H2,2-4H3/b23-6-. The highest BCUT2D eigenvalue weighted by molar-refractivity contribution is 7.26. The fraction of sp³-hybridized carbons (Fsp3) is 0.0656. The molecule has 0 unspecified atom stereocenters. The maximum absolute atomic E-state index is 5.50. The van der Waals surface area contributed by atoms with Crippen molar-refractivity contribution in [2.45, 2.75) is 26.2 Å². The molecule has 12 aromatic rings. The number of fused-ring (bicyclic) bond motifs is 11. The third-order valence-corrected chi connectivity index (χ3v) is 15.1. The minimum absolute atomic E-state index is 0.175. The molecular weight excluding hydrogens is 835 g/mol. The molecule has 0 aliphatic heterocycles. The maximum atomic E-state index is 5.50. The highest BCUT2D eigenvalue weighted by Gasteiger charge is 2.35. The lowest BCUT2D eigenvalue weighted by Crippen LogP contribution is -2.15. The molecule has 5 nitrogen and oxygen atoms in total. The summed E-state index contributed by atoms with van der Waals surface area (Å²) >= 11 is 1.81. The second-order valence-corrected chi connectivity index (χ2v) is 19.1. The molecule has 0 N–H and O–H groups in total. The van der Waals surface area contributed by atoms with Crippen LogP contribution in [0.4, 0.5) is 0 Å². The van der Waals surface area contributed by atoms with Crippen LogP contribution in [0.25, 0.3) is 116 Å². The van der Waals surface area contributed by atoms with Gasteiger partial charge in [-0.15, -0.1) is 11.3 Å². The van der Waals surface area contributed by atoms with Gasteiger partial charge in [0.1, 0.15) is 0 Å². The average Bonchev–Trinajstić information content (AvgIpc) is 4.07. The first-order valence-electron chi connectivity index (χ1n) is 22.8. The predicted octanol–water partition coefficient (Wildman–Crippen LogP) is 16.1. The Bertz CT molecular complexity index is 4040. The summed E-state index contributed by atoms with van der Waals surface area (Å²) in [6, 6.07) is 63.3. The Morgan fingerprint density at radius 3 is 2.01 bits per heavy atom. The van der Waals surface area contributed by atoms with E-state index in [9.17, 15) is 0 Å². The van der Waals surface area contributed by atoms with E-state index >= 15 is 0 Å². The molecule has 0 saturated heterocycles. The van der Waals surface area contributed by atoms with Crippen LogP contribution >= 0.6 is 11.3 Å². The van der Waals surface area contributed by atoms with E-state index in [1.165, 1.54) is 48.5 Å². The zero-order valence-electron chi connectivity index (χ0n) is 37.3. The molecule has 0 radical (unpaired) electrons. The van der Waals surface area contributed by atoms with Crippen molar-refractivity contribution < 1.29 is 0 Å². The molecule has 8 aromatic carbocycles. The summed E-state index contributed by atoms with van der Waals surface area (Å²) < 4.78 is 7.24. The van der Waals surface area contributed by atoms with E-state index in [4.69, 9.17) is 15.0 Å². The fourth-order valence-electron chi connectivity index (χ4n) is 10.9. The summed E-state index contributed by atoms with van der Waals surface area (Å²) in [7, 11) is 0. The van der Waals surface area contributed by atoms with Gasteiger partial charge in [0, 0.05) is 81.1 Å². The second kappa shape index (κ2) is 14.9. The lowest BCUT2D eigenvalue weighted by atomic mass is 9.82. The number of allylic oxidation sites excluding steroid dienone is 2. The molecule has 1 aliphatic carbocycles. The maximum Gasteiger partial charge on any atom is 0.164 e. The van der Waals surface area contributed by atoms with Gasteiger partial charge in [-0.25, -0.2) is 15.0 Å². The highest BCUT2D eigenvalue weighted by Crippen LogP contribution is 2.50. The lowest BCUT2D eigenvalue weighted by molar-refractivity contribution is 0.660. The topological polar surface area (TPSA) is 48.5 Å². The summed E-state index contributed by atoms with van der Waals surface area (Å²) in [4.78, 5) is 16.2. The van der Waals surface area contributed by atoms with Crippen LogP contribution in [0, 0.1) is 6.92 Å². The Morgan fingerprint density at radius 1 is 0.507 bits per heavy atom. The van der Waals surface area contributed by atoms with Crippen molar-refractivity contribution in [1.29, 1.82) is 0 Å². The van der Waals surface area contributed by atoms with E-state index in [1.807, 2.05) is 41.7 Å². The second-order valence-electron chi connectivity index (χ2n) is 18.0. The van der Waals surface area contributed by atoms with Crippen molar-refractivity contribution >= 4 is 70.3 Å². The molecule has 6 heteroatoms. The summed E-state index contributed by atoms with van der Waals surface area (Å²) in [5.74, 6) is 1.91. The number of benzene rings is 8. The van der Waals surface area contributed by atoms with Crippen LogP contribution < -0.4 is 0 Å². The van der Waals surface area contributed by atoms with Crippen molar-refractivity contribution in [3.05, 3.63) is 217 Å². The molecule has 13 rings (SSSR count). The third-order valence-electron chi connectivity index (χ3n) is 13.9. The molecule has 1 aliphatic rings. The van der Waals surface area contributed by atoms with Gasteiger partial charge in [-0.2, -0.15) is 0 Å². The van der Waals surface area contributed by atoms with Crippen molar-refractivity contribution in [2.24, 2.45) is 0 Å². The first-order valence-corrected chi connectivity index (χ1v) is 23.6.